The lowest BCUT2D eigenvalue weighted by Crippen LogP contribution is -2.41. The second kappa shape index (κ2) is 4.35. The second-order valence-electron chi connectivity index (χ2n) is 3.84. The Morgan fingerprint density at radius 1 is 1.62 bits per heavy atom. The number of rotatable bonds is 2. The van der Waals surface area contributed by atoms with Crippen molar-refractivity contribution < 1.29 is 27.4 Å². The van der Waals surface area contributed by atoms with E-state index in [9.17, 15) is 18.0 Å². The third-order valence-electron chi connectivity index (χ3n) is 2.45. The van der Waals surface area contributed by atoms with Crippen LogP contribution < -0.4 is 0 Å². The fourth-order valence-electron chi connectivity index (χ4n) is 1.21. The highest BCUT2D eigenvalue weighted by atomic mass is 19.4. The predicted octanol–water partition coefficient (Wildman–Crippen LogP) is 2.42. The first-order chi connectivity index (χ1) is 7.30. The molecule has 0 aromatic rings. The molecule has 0 aliphatic carbocycles. The van der Waals surface area contributed by atoms with Crippen LogP contribution in [-0.2, 0) is 14.3 Å². The van der Waals surface area contributed by atoms with Crippen LogP contribution in [-0.4, -0.2) is 25.4 Å². The molecule has 1 aliphatic heterocycles. The Morgan fingerprint density at radius 2 is 2.25 bits per heavy atom. The Kier molecular flexibility index (Phi) is 3.50. The van der Waals surface area contributed by atoms with Gasteiger partial charge < -0.3 is 9.47 Å². The molecule has 0 fully saturated rings. The fourth-order valence-corrected chi connectivity index (χ4v) is 1.21. The molecule has 1 rings (SSSR count). The number of carbonyl (C=O) groups excluding carboxylic acids is 1. The van der Waals surface area contributed by atoms with Crippen LogP contribution in [0.4, 0.5) is 13.2 Å². The number of allylic oxidation sites excluding steroid dienone is 1. The van der Waals surface area contributed by atoms with E-state index in [1.54, 1.807) is 6.92 Å². The summed E-state index contributed by atoms with van der Waals surface area (Å²) >= 11 is 0. The maximum Gasteiger partial charge on any atom is 0.397 e. The van der Waals surface area contributed by atoms with Crippen LogP contribution in [0.2, 0.25) is 0 Å². The molecule has 0 spiro atoms. The molecule has 0 saturated carbocycles. The first-order valence-corrected chi connectivity index (χ1v) is 4.87. The van der Waals surface area contributed by atoms with Gasteiger partial charge in [-0.2, -0.15) is 13.2 Å². The van der Waals surface area contributed by atoms with E-state index in [2.05, 4.69) is 4.74 Å². The molecule has 0 aromatic heterocycles. The number of halogens is 3. The van der Waals surface area contributed by atoms with Gasteiger partial charge in [-0.3, -0.25) is 0 Å². The van der Waals surface area contributed by atoms with E-state index in [1.165, 1.54) is 0 Å². The van der Waals surface area contributed by atoms with Crippen molar-refractivity contribution in [2.24, 2.45) is 5.41 Å². The highest BCUT2D eigenvalue weighted by Gasteiger charge is 2.52. The SMILES string of the molecule is CCOC(=O)C1=CCC(C)(C(F)(F)F)CO1. The zero-order valence-corrected chi connectivity index (χ0v) is 9.06. The molecule has 0 aromatic carbocycles. The number of esters is 1. The first kappa shape index (κ1) is 12.9. The van der Waals surface area contributed by atoms with E-state index in [0.29, 0.717) is 0 Å². The molecule has 0 saturated heterocycles. The third kappa shape index (κ3) is 2.48. The highest BCUT2D eigenvalue weighted by molar-refractivity contribution is 5.86. The van der Waals surface area contributed by atoms with Gasteiger partial charge in [0, 0.05) is 0 Å². The van der Waals surface area contributed by atoms with Crippen molar-refractivity contribution in [3.05, 3.63) is 11.8 Å². The minimum atomic E-state index is -4.34. The second-order valence-corrected chi connectivity index (χ2v) is 3.84. The van der Waals surface area contributed by atoms with Crippen molar-refractivity contribution in [1.29, 1.82) is 0 Å². The largest absolute Gasteiger partial charge is 0.486 e. The Hall–Kier alpha value is -1.20. The smallest absolute Gasteiger partial charge is 0.397 e. The van der Waals surface area contributed by atoms with Crippen molar-refractivity contribution >= 4 is 5.97 Å². The Balaban J connectivity index is 2.71. The topological polar surface area (TPSA) is 35.5 Å². The highest BCUT2D eigenvalue weighted by Crippen LogP contribution is 2.43. The number of alkyl halides is 3. The van der Waals surface area contributed by atoms with Crippen molar-refractivity contribution in [3.8, 4) is 0 Å². The number of hydrogen-bond donors (Lipinski definition) is 0. The number of hydrogen-bond acceptors (Lipinski definition) is 3. The van der Waals surface area contributed by atoms with Gasteiger partial charge in [0.25, 0.3) is 0 Å². The summed E-state index contributed by atoms with van der Waals surface area (Å²) in [7, 11) is 0. The quantitative estimate of drug-likeness (QED) is 0.693. The van der Waals surface area contributed by atoms with E-state index >= 15 is 0 Å². The summed E-state index contributed by atoms with van der Waals surface area (Å²) in [5.41, 5.74) is -1.93. The lowest BCUT2D eigenvalue weighted by atomic mass is 9.85. The summed E-state index contributed by atoms with van der Waals surface area (Å²) in [5.74, 6) is -0.852. The first-order valence-electron chi connectivity index (χ1n) is 4.87. The molecule has 1 heterocycles. The van der Waals surface area contributed by atoms with Crippen molar-refractivity contribution in [3.63, 3.8) is 0 Å². The van der Waals surface area contributed by atoms with E-state index in [-0.39, 0.29) is 18.8 Å². The van der Waals surface area contributed by atoms with Crippen LogP contribution in [0.5, 0.6) is 0 Å². The minimum Gasteiger partial charge on any atom is -0.486 e. The van der Waals surface area contributed by atoms with E-state index in [1.807, 2.05) is 0 Å². The molecule has 0 bridgehead atoms. The Bertz CT molecular complexity index is 309. The van der Waals surface area contributed by atoms with Crippen molar-refractivity contribution in [1.82, 2.24) is 0 Å². The van der Waals surface area contributed by atoms with Gasteiger partial charge in [-0.25, -0.2) is 4.79 Å². The van der Waals surface area contributed by atoms with Crippen LogP contribution in [0.3, 0.4) is 0 Å². The maximum absolute atomic E-state index is 12.6. The molecule has 1 unspecified atom stereocenters. The molecule has 6 heteroatoms. The average molecular weight is 238 g/mol. The summed E-state index contributed by atoms with van der Waals surface area (Å²) in [6.45, 7) is 2.28. The molecule has 3 nitrogen and oxygen atoms in total. The molecule has 0 amide bonds. The maximum atomic E-state index is 12.6. The monoisotopic (exact) mass is 238 g/mol. The lowest BCUT2D eigenvalue weighted by Gasteiger charge is -2.33. The van der Waals surface area contributed by atoms with Gasteiger partial charge in [0.1, 0.15) is 12.0 Å². The molecule has 16 heavy (non-hydrogen) atoms. The molecule has 1 aliphatic rings. The molecular weight excluding hydrogens is 225 g/mol. The molecular formula is C10H13F3O3. The fraction of sp³-hybridized carbons (Fsp3) is 0.700. The van der Waals surface area contributed by atoms with Gasteiger partial charge in [-0.15, -0.1) is 0 Å². The predicted molar refractivity (Wildman–Crippen MR) is 49.4 cm³/mol. The van der Waals surface area contributed by atoms with Gasteiger partial charge in [0.05, 0.1) is 6.61 Å². The number of carbonyl (C=O) groups is 1. The van der Waals surface area contributed by atoms with Crippen LogP contribution in [0.1, 0.15) is 20.3 Å². The zero-order chi connectivity index (χ0) is 12.4. The van der Waals surface area contributed by atoms with Crippen LogP contribution in [0.15, 0.2) is 11.8 Å². The molecule has 92 valence electrons. The third-order valence-corrected chi connectivity index (χ3v) is 2.45. The van der Waals surface area contributed by atoms with Crippen LogP contribution in [0, 0.1) is 5.41 Å². The zero-order valence-electron chi connectivity index (χ0n) is 9.06. The Morgan fingerprint density at radius 3 is 2.62 bits per heavy atom. The van der Waals surface area contributed by atoms with Gasteiger partial charge in [-0.1, -0.05) is 0 Å². The molecule has 0 N–H and O–H groups in total. The summed E-state index contributed by atoms with van der Waals surface area (Å²) < 4.78 is 47.2. The average Bonchev–Trinajstić information content (AvgIpc) is 2.17. The summed E-state index contributed by atoms with van der Waals surface area (Å²) in [5, 5.41) is 0. The Labute approximate surface area is 91.2 Å². The summed E-state index contributed by atoms with van der Waals surface area (Å²) in [4.78, 5) is 11.2. The standard InChI is InChI=1S/C10H13F3O3/c1-3-15-8(14)7-4-5-9(2,6-16-7)10(11,12)13/h4H,3,5-6H2,1-2H3. The van der Waals surface area contributed by atoms with Crippen molar-refractivity contribution in [2.45, 2.75) is 26.4 Å². The summed E-state index contributed by atoms with van der Waals surface area (Å²) in [6.07, 6.45) is -3.48. The van der Waals surface area contributed by atoms with E-state index in [0.717, 1.165) is 13.0 Å². The lowest BCUT2D eigenvalue weighted by molar-refractivity contribution is -0.233. The van der Waals surface area contributed by atoms with Gasteiger partial charge in [0.15, 0.2) is 0 Å². The normalized spacial score (nSPS) is 25.7. The van der Waals surface area contributed by atoms with Gasteiger partial charge >= 0.3 is 12.1 Å². The van der Waals surface area contributed by atoms with Crippen LogP contribution in [0.25, 0.3) is 0 Å². The number of ether oxygens (including phenoxy) is 2. The van der Waals surface area contributed by atoms with E-state index in [4.69, 9.17) is 4.74 Å². The minimum absolute atomic E-state index is 0.136. The van der Waals surface area contributed by atoms with Crippen molar-refractivity contribution in [2.75, 3.05) is 13.2 Å². The van der Waals surface area contributed by atoms with Gasteiger partial charge in [-0.05, 0) is 26.3 Å². The molecule has 1 atom stereocenters. The summed E-state index contributed by atoms with van der Waals surface area (Å²) in [6, 6.07) is 0. The molecule has 0 radical (unpaired) electrons. The van der Waals surface area contributed by atoms with Crippen LogP contribution >= 0.6 is 0 Å². The van der Waals surface area contributed by atoms with Gasteiger partial charge in [0.2, 0.25) is 5.76 Å². The van der Waals surface area contributed by atoms with E-state index < -0.39 is 24.2 Å².